The van der Waals surface area contributed by atoms with E-state index in [0.717, 1.165) is 47.0 Å². The van der Waals surface area contributed by atoms with Crippen LogP contribution in [0.2, 0.25) is 0 Å². The lowest BCUT2D eigenvalue weighted by atomic mass is 9.95. The molecule has 10 aromatic rings. The van der Waals surface area contributed by atoms with Gasteiger partial charge in [-0.3, -0.25) is 13.7 Å². The third-order valence-electron chi connectivity index (χ3n) is 12.0. The van der Waals surface area contributed by atoms with E-state index in [2.05, 4.69) is 58.3 Å². The zero-order valence-electron chi connectivity index (χ0n) is 42.3. The number of hydrogen-bond acceptors (Lipinski definition) is 3. The maximum Gasteiger partial charge on any atom is 0.269 e. The summed E-state index contributed by atoms with van der Waals surface area (Å²) in [6.07, 6.45) is 9.86. The highest BCUT2D eigenvalue weighted by Crippen LogP contribution is 2.42. The molecule has 0 bridgehead atoms. The molecule has 0 N–H and O–H groups in total. The molecule has 0 spiro atoms. The highest BCUT2D eigenvalue weighted by atomic mass is 16.5. The van der Waals surface area contributed by atoms with Crippen LogP contribution in [0.15, 0.2) is 182 Å². The number of imidazole rings is 1. The van der Waals surface area contributed by atoms with Crippen molar-refractivity contribution in [3.63, 3.8) is 0 Å². The zero-order chi connectivity index (χ0) is 48.3. The standard InChI is InChI=1S/C54H41N5O/c1-3-14-37(15-4-1)43-22-12-23-44(38-16-5-2-6-17-38)53(43)58-36-57(50-25-9-10-26-51(50)58)40-18-11-20-41(34-40)60-42-28-30-46-45-21-7-8-24-49(45)59(52(46)35-42)54-47-29-27-39-19-13-33-56(39)48(47)31-32-55-54/h1-12,14-18,20-26,28,30-32,34-35,39H,13,19,27,29,33H2/i1D,2D,3D,4D,5D,6D,14D,15D,16D,17D. The fraction of sp³-hybridized carbons (Fsp3) is 0.111. The van der Waals surface area contributed by atoms with Gasteiger partial charge in [-0.15, -0.1) is 0 Å². The number of aromatic nitrogens is 4. The van der Waals surface area contributed by atoms with E-state index in [9.17, 15) is 0 Å². The number of pyridine rings is 1. The quantitative estimate of drug-likeness (QED) is 0.119. The molecule has 2 aliphatic rings. The summed E-state index contributed by atoms with van der Waals surface area (Å²) in [4.78, 5) is 7.60. The highest BCUT2D eigenvalue weighted by molar-refractivity contribution is 6.09. The van der Waals surface area contributed by atoms with Gasteiger partial charge in [0, 0.05) is 46.9 Å². The van der Waals surface area contributed by atoms with Gasteiger partial charge in [0.1, 0.15) is 17.3 Å². The number of ether oxygens (including phenoxy) is 1. The molecular formula is C54H41N5O. The number of hydrogen-bond donors (Lipinski definition) is 0. The van der Waals surface area contributed by atoms with E-state index in [1.54, 1.807) is 22.8 Å². The Morgan fingerprint density at radius 3 is 2.20 bits per heavy atom. The van der Waals surface area contributed by atoms with Crippen LogP contribution in [0.1, 0.15) is 38.5 Å². The van der Waals surface area contributed by atoms with Crippen LogP contribution in [0.5, 0.6) is 11.5 Å². The number of benzene rings is 7. The topological polar surface area (TPSA) is 39.1 Å². The molecule has 0 aliphatic carbocycles. The van der Waals surface area contributed by atoms with Crippen molar-refractivity contribution < 1.29 is 23.0 Å². The lowest BCUT2D eigenvalue weighted by Crippen LogP contribution is -2.34. The zero-order valence-corrected chi connectivity index (χ0v) is 32.3. The van der Waals surface area contributed by atoms with E-state index >= 15 is 0 Å². The van der Waals surface area contributed by atoms with E-state index < -0.39 is 60.4 Å². The van der Waals surface area contributed by atoms with Crippen molar-refractivity contribution in [3.8, 4) is 50.9 Å². The van der Waals surface area contributed by atoms with Crippen molar-refractivity contribution in [2.24, 2.45) is 0 Å². The molecule has 5 heterocycles. The summed E-state index contributed by atoms with van der Waals surface area (Å²) in [5.74, 6) is 2.08. The normalized spacial score (nSPS) is 17.1. The van der Waals surface area contributed by atoms with Crippen molar-refractivity contribution in [1.29, 1.82) is 0 Å². The molecule has 1 atom stereocenters. The first-order valence-electron chi connectivity index (χ1n) is 25.2. The molecule has 2 aliphatic heterocycles. The van der Waals surface area contributed by atoms with E-state index in [0.29, 0.717) is 34.3 Å². The fourth-order valence-electron chi connectivity index (χ4n) is 9.38. The molecular weight excluding hydrogens is 735 g/mol. The van der Waals surface area contributed by atoms with Gasteiger partial charge >= 0.3 is 0 Å². The van der Waals surface area contributed by atoms with Gasteiger partial charge in [0.15, 0.2) is 0 Å². The van der Waals surface area contributed by atoms with Crippen LogP contribution in [0.25, 0.3) is 72.3 Å². The highest BCUT2D eigenvalue weighted by Gasteiger charge is 2.32. The summed E-state index contributed by atoms with van der Waals surface area (Å²) in [7, 11) is 0. The van der Waals surface area contributed by atoms with Crippen molar-refractivity contribution in [1.82, 2.24) is 14.1 Å². The second-order valence-electron chi connectivity index (χ2n) is 15.3. The number of nitrogens with zero attached hydrogens (tertiary/aromatic N) is 5. The minimum absolute atomic E-state index is 0.123. The number of fused-ring (bicyclic) bond motifs is 7. The third kappa shape index (κ3) is 5.63. The molecule has 3 aromatic heterocycles. The largest absolute Gasteiger partial charge is 0.458 e. The Kier molecular flexibility index (Phi) is 6.08. The Bertz CT molecular complexity index is 3700. The van der Waals surface area contributed by atoms with Crippen LogP contribution in [0.4, 0.5) is 5.69 Å². The van der Waals surface area contributed by atoms with Gasteiger partial charge in [-0.2, -0.15) is 0 Å². The van der Waals surface area contributed by atoms with E-state index in [1.165, 1.54) is 24.1 Å². The molecule has 6 heteroatoms. The summed E-state index contributed by atoms with van der Waals surface area (Å²) in [6, 6.07) is 31.9. The summed E-state index contributed by atoms with van der Waals surface area (Å²) in [5.41, 5.74) is 6.72. The maximum atomic E-state index is 9.02. The second-order valence-corrected chi connectivity index (χ2v) is 15.3. The molecule has 288 valence electrons. The van der Waals surface area contributed by atoms with Crippen molar-refractivity contribution in [3.05, 3.63) is 194 Å². The molecule has 0 radical (unpaired) electrons. The first-order valence-corrected chi connectivity index (χ1v) is 20.2. The van der Waals surface area contributed by atoms with Gasteiger partial charge < -0.3 is 9.64 Å². The van der Waals surface area contributed by atoms with Gasteiger partial charge in [0.2, 0.25) is 0 Å². The van der Waals surface area contributed by atoms with Crippen LogP contribution in [0.3, 0.4) is 0 Å². The first-order chi connectivity index (χ1) is 33.9. The minimum atomic E-state index is -0.561. The van der Waals surface area contributed by atoms with Crippen LogP contribution in [-0.2, 0) is 6.42 Å². The van der Waals surface area contributed by atoms with Crippen molar-refractivity contribution in [2.45, 2.75) is 31.7 Å². The molecule has 60 heavy (non-hydrogen) atoms. The predicted octanol–water partition coefficient (Wildman–Crippen LogP) is 12.2. The molecule has 0 amide bonds. The molecule has 0 saturated carbocycles. The number of anilines is 1. The first kappa shape index (κ1) is 25.8. The minimum Gasteiger partial charge on any atom is -0.458 e. The Morgan fingerprint density at radius 2 is 1.38 bits per heavy atom. The van der Waals surface area contributed by atoms with Crippen LogP contribution in [-0.4, -0.2) is 26.7 Å². The van der Waals surface area contributed by atoms with Gasteiger partial charge in [-0.1, -0.05) is 127 Å². The molecule has 6 nitrogen and oxygen atoms in total. The van der Waals surface area contributed by atoms with Crippen molar-refractivity contribution >= 4 is 38.5 Å². The van der Waals surface area contributed by atoms with E-state index in [1.807, 2.05) is 65.4 Å². The summed E-state index contributed by atoms with van der Waals surface area (Å²) < 4.78 is 99.5. The van der Waals surface area contributed by atoms with Crippen LogP contribution in [0, 0.1) is 6.33 Å². The smallest absolute Gasteiger partial charge is 0.269 e. The molecule has 12 rings (SSSR count). The predicted molar refractivity (Wildman–Crippen MR) is 242 cm³/mol. The average molecular weight is 786 g/mol. The molecule has 1 fully saturated rings. The Labute approximate surface area is 362 Å². The van der Waals surface area contributed by atoms with Gasteiger partial charge in [-0.25, -0.2) is 4.98 Å². The Hall–Kier alpha value is -7.44. The van der Waals surface area contributed by atoms with Crippen molar-refractivity contribution in [2.75, 3.05) is 11.4 Å². The molecule has 1 saturated heterocycles. The van der Waals surface area contributed by atoms with Crippen LogP contribution < -0.4 is 14.2 Å². The number of para-hydroxylation sites is 4. The van der Waals surface area contributed by atoms with E-state index in [-0.39, 0.29) is 27.9 Å². The Morgan fingerprint density at radius 1 is 0.667 bits per heavy atom. The Balaban J connectivity index is 1.01. The third-order valence-corrected chi connectivity index (χ3v) is 12.0. The summed E-state index contributed by atoms with van der Waals surface area (Å²) in [5, 5.41) is 2.20. The lowest BCUT2D eigenvalue weighted by Gasteiger charge is -2.34. The monoisotopic (exact) mass is 785 g/mol. The van der Waals surface area contributed by atoms with Gasteiger partial charge in [0.25, 0.3) is 6.33 Å². The second kappa shape index (κ2) is 14.1. The van der Waals surface area contributed by atoms with Crippen LogP contribution >= 0.6 is 0 Å². The molecule has 1 unspecified atom stereocenters. The number of rotatable bonds is 7. The maximum absolute atomic E-state index is 9.02. The van der Waals surface area contributed by atoms with Gasteiger partial charge in [0.05, 0.1) is 47.1 Å². The summed E-state index contributed by atoms with van der Waals surface area (Å²) in [6.45, 7) is 1.06. The fourth-order valence-corrected chi connectivity index (χ4v) is 9.38. The van der Waals surface area contributed by atoms with E-state index in [4.69, 9.17) is 23.4 Å². The molecule has 7 aromatic carbocycles. The lowest BCUT2D eigenvalue weighted by molar-refractivity contribution is -0.571. The summed E-state index contributed by atoms with van der Waals surface area (Å²) >= 11 is 0. The average Bonchev–Trinajstić information content (AvgIpc) is 4.11. The SMILES string of the molecule is [2H]c1c([2H])c([2H])c(-c2cccc(-c3c([2H])c([2H])c([2H])c([2H])c3[2H])c2-[n+]2[c-]n(-c3cccc(Oc4ccc5c6ccccc6n(-c6nccc7c6CCC6CCCN76)c5c4)c3)c3ccccc32)c([2H])c1[2H]. The van der Waals surface area contributed by atoms with Gasteiger partial charge in [-0.05, 0) is 90.4 Å².